The molecule has 2 aliphatic rings. The Labute approximate surface area is 210 Å². The van der Waals surface area contributed by atoms with Crippen LogP contribution < -0.4 is 0 Å². The molecular weight excluding hydrogens is 460 g/mol. The topological polar surface area (TPSA) is 54.0 Å². The van der Waals surface area contributed by atoms with Crippen molar-refractivity contribution in [3.8, 4) is 0 Å². The Morgan fingerprint density at radius 2 is 1.74 bits per heavy atom. The summed E-state index contributed by atoms with van der Waals surface area (Å²) in [7, 11) is 0. The number of carbonyl (C=O) groups excluding carboxylic acids is 1. The number of thioether (sulfide) groups is 1. The molecule has 6 heteroatoms. The van der Waals surface area contributed by atoms with Crippen LogP contribution in [0.15, 0.2) is 77.7 Å². The standard InChI is InChI=1S/C29H30O5S/c1-35-28-13-24-19-33-29(27(24)12-23(28)16-30)15-25(32-18-22-10-6-3-7-11-22)14-26(34-29)20-31-17-21-8-4-2-5-9-21/h2-13,16,25-26H,14-15,17-20H2,1H3/t25-,26?,29+/m0/s1. The van der Waals surface area contributed by atoms with Gasteiger partial charge >= 0.3 is 0 Å². The lowest BCUT2D eigenvalue weighted by molar-refractivity contribution is -0.309. The number of ether oxygens (including phenoxy) is 4. The van der Waals surface area contributed by atoms with Gasteiger partial charge in [-0.05, 0) is 35.1 Å². The Balaban J connectivity index is 1.36. The zero-order valence-corrected chi connectivity index (χ0v) is 20.7. The smallest absolute Gasteiger partial charge is 0.198 e. The Morgan fingerprint density at radius 1 is 1.03 bits per heavy atom. The Kier molecular flexibility index (Phi) is 7.66. The van der Waals surface area contributed by atoms with Crippen LogP contribution in [0.5, 0.6) is 0 Å². The van der Waals surface area contributed by atoms with Crippen LogP contribution >= 0.6 is 11.8 Å². The fourth-order valence-electron chi connectivity index (χ4n) is 4.86. The van der Waals surface area contributed by atoms with E-state index in [1.54, 1.807) is 11.8 Å². The van der Waals surface area contributed by atoms with Gasteiger partial charge in [0.05, 0.1) is 38.6 Å². The summed E-state index contributed by atoms with van der Waals surface area (Å²) in [6.45, 7) is 1.93. The van der Waals surface area contributed by atoms with Crippen LogP contribution in [0.2, 0.25) is 0 Å². The van der Waals surface area contributed by atoms with Gasteiger partial charge in [0.1, 0.15) is 0 Å². The highest BCUT2D eigenvalue weighted by molar-refractivity contribution is 7.98. The van der Waals surface area contributed by atoms with E-state index in [4.69, 9.17) is 18.9 Å². The minimum Gasteiger partial charge on any atom is -0.374 e. The van der Waals surface area contributed by atoms with Crippen molar-refractivity contribution in [2.24, 2.45) is 0 Å². The summed E-state index contributed by atoms with van der Waals surface area (Å²) in [6.07, 6.45) is 3.90. The van der Waals surface area contributed by atoms with Crippen molar-refractivity contribution in [2.75, 3.05) is 12.9 Å². The summed E-state index contributed by atoms with van der Waals surface area (Å²) in [5, 5.41) is 0. The van der Waals surface area contributed by atoms with Crippen LogP contribution in [0, 0.1) is 0 Å². The molecular formula is C29H30O5S. The number of aldehydes is 1. The minimum atomic E-state index is -0.940. The van der Waals surface area contributed by atoms with Crippen molar-refractivity contribution in [3.05, 3.63) is 101 Å². The second kappa shape index (κ2) is 11.1. The number of benzene rings is 3. The lowest BCUT2D eigenvalue weighted by atomic mass is 9.90. The first-order valence-electron chi connectivity index (χ1n) is 11.9. The van der Waals surface area contributed by atoms with E-state index in [9.17, 15) is 4.79 Å². The number of carbonyl (C=O) groups is 1. The largest absolute Gasteiger partial charge is 0.374 e. The summed E-state index contributed by atoms with van der Waals surface area (Å²) >= 11 is 1.56. The first-order valence-corrected chi connectivity index (χ1v) is 13.2. The molecule has 3 aromatic rings. The highest BCUT2D eigenvalue weighted by atomic mass is 32.2. The highest BCUT2D eigenvalue weighted by Gasteiger charge is 2.49. The molecule has 1 unspecified atom stereocenters. The Bertz CT molecular complexity index is 1140. The lowest BCUT2D eigenvalue weighted by Gasteiger charge is -2.42. The normalized spacial score (nSPS) is 23.3. The molecule has 5 rings (SSSR count). The molecule has 0 N–H and O–H groups in total. The van der Waals surface area contributed by atoms with Crippen LogP contribution in [0.4, 0.5) is 0 Å². The van der Waals surface area contributed by atoms with Crippen LogP contribution in [0.1, 0.15) is 45.5 Å². The number of rotatable bonds is 9. The van der Waals surface area contributed by atoms with Crippen molar-refractivity contribution in [1.29, 1.82) is 0 Å². The molecule has 3 aromatic carbocycles. The van der Waals surface area contributed by atoms with Crippen molar-refractivity contribution >= 4 is 18.0 Å². The van der Waals surface area contributed by atoms with Crippen molar-refractivity contribution in [2.45, 2.75) is 55.6 Å². The monoisotopic (exact) mass is 490 g/mol. The minimum absolute atomic E-state index is 0.0693. The number of fused-ring (bicyclic) bond motifs is 2. The van der Waals surface area contributed by atoms with Crippen molar-refractivity contribution in [1.82, 2.24) is 0 Å². The number of hydrogen-bond donors (Lipinski definition) is 0. The lowest BCUT2D eigenvalue weighted by Crippen LogP contribution is -2.46. The quantitative estimate of drug-likeness (QED) is 0.276. The van der Waals surface area contributed by atoms with Gasteiger partial charge in [-0.25, -0.2) is 0 Å². The van der Waals surface area contributed by atoms with Gasteiger partial charge in [0.25, 0.3) is 0 Å². The van der Waals surface area contributed by atoms with E-state index in [1.165, 1.54) is 0 Å². The molecule has 0 amide bonds. The van der Waals surface area contributed by atoms with Gasteiger partial charge in [-0.2, -0.15) is 0 Å². The van der Waals surface area contributed by atoms with Gasteiger partial charge in [-0.3, -0.25) is 4.79 Å². The third-order valence-corrected chi connectivity index (χ3v) is 7.37. The van der Waals surface area contributed by atoms with Crippen LogP contribution in [0.3, 0.4) is 0 Å². The van der Waals surface area contributed by atoms with E-state index in [1.807, 2.05) is 48.7 Å². The zero-order valence-electron chi connectivity index (χ0n) is 19.9. The summed E-state index contributed by atoms with van der Waals surface area (Å²) in [5.74, 6) is -0.940. The van der Waals surface area contributed by atoms with Gasteiger partial charge in [0, 0.05) is 28.9 Å². The van der Waals surface area contributed by atoms with Crippen LogP contribution in [0.25, 0.3) is 0 Å². The molecule has 0 saturated carbocycles. The SMILES string of the molecule is CSc1cc2c(cc1C=O)[C@]1(C[C@@H](OCc3ccccc3)CC(COCc3ccccc3)O1)OC2. The summed E-state index contributed by atoms with van der Waals surface area (Å²) in [5.41, 5.74) is 4.91. The fraction of sp³-hybridized carbons (Fsp3) is 0.345. The third kappa shape index (κ3) is 5.52. The van der Waals surface area contributed by atoms with E-state index >= 15 is 0 Å². The molecule has 5 nitrogen and oxygen atoms in total. The average Bonchev–Trinajstić information content (AvgIpc) is 3.23. The second-order valence-electron chi connectivity index (χ2n) is 9.01. The third-order valence-electron chi connectivity index (χ3n) is 6.58. The summed E-state index contributed by atoms with van der Waals surface area (Å²) < 4.78 is 25.4. The van der Waals surface area contributed by atoms with Gasteiger partial charge in [-0.15, -0.1) is 11.8 Å². The maximum atomic E-state index is 11.8. The molecule has 1 saturated heterocycles. The predicted octanol–water partition coefficient (Wildman–Crippen LogP) is 5.89. The van der Waals surface area contributed by atoms with Gasteiger partial charge in [0.2, 0.25) is 0 Å². The van der Waals surface area contributed by atoms with E-state index in [-0.39, 0.29) is 12.2 Å². The Hall–Kier alpha value is -2.48. The summed E-state index contributed by atoms with van der Waals surface area (Å²) in [6, 6.07) is 24.3. The first-order chi connectivity index (χ1) is 17.2. The van der Waals surface area contributed by atoms with Crippen LogP contribution in [-0.4, -0.2) is 31.4 Å². The van der Waals surface area contributed by atoms with Gasteiger partial charge in [0.15, 0.2) is 12.1 Å². The van der Waals surface area contributed by atoms with Crippen molar-refractivity contribution in [3.63, 3.8) is 0 Å². The van der Waals surface area contributed by atoms with E-state index in [2.05, 4.69) is 30.3 Å². The molecule has 1 fully saturated rings. The first kappa shape index (κ1) is 24.2. The van der Waals surface area contributed by atoms with Crippen molar-refractivity contribution < 1.29 is 23.7 Å². The molecule has 0 aromatic heterocycles. The molecule has 3 atom stereocenters. The molecule has 0 aliphatic carbocycles. The molecule has 182 valence electrons. The molecule has 2 aliphatic heterocycles. The molecule has 2 heterocycles. The van der Waals surface area contributed by atoms with Gasteiger partial charge in [-0.1, -0.05) is 60.7 Å². The van der Waals surface area contributed by atoms with E-state index < -0.39 is 5.79 Å². The van der Waals surface area contributed by atoms with Crippen LogP contribution in [-0.2, 0) is 44.6 Å². The molecule has 0 radical (unpaired) electrons. The fourth-order valence-corrected chi connectivity index (χ4v) is 5.46. The average molecular weight is 491 g/mol. The second-order valence-corrected chi connectivity index (χ2v) is 9.86. The molecule has 0 bridgehead atoms. The predicted molar refractivity (Wildman–Crippen MR) is 135 cm³/mol. The maximum absolute atomic E-state index is 11.8. The maximum Gasteiger partial charge on any atom is 0.198 e. The Morgan fingerprint density at radius 3 is 2.43 bits per heavy atom. The zero-order chi connectivity index (χ0) is 24.1. The van der Waals surface area contributed by atoms with E-state index in [0.29, 0.717) is 44.8 Å². The summed E-state index contributed by atoms with van der Waals surface area (Å²) in [4.78, 5) is 12.7. The number of hydrogen-bond acceptors (Lipinski definition) is 6. The van der Waals surface area contributed by atoms with E-state index in [0.717, 1.165) is 33.4 Å². The highest BCUT2D eigenvalue weighted by Crippen LogP contribution is 2.47. The molecule has 1 spiro atoms. The molecule has 35 heavy (non-hydrogen) atoms. The van der Waals surface area contributed by atoms with Gasteiger partial charge < -0.3 is 18.9 Å².